The van der Waals surface area contributed by atoms with Gasteiger partial charge in [0.25, 0.3) is 0 Å². The largest absolute Gasteiger partial charge is 0.474 e. The average molecular weight is 431 g/mol. The third-order valence-electron chi connectivity index (χ3n) is 6.92. The molecular formula is C22H30N4O3S. The number of ether oxygens (including phenoxy) is 2. The summed E-state index contributed by atoms with van der Waals surface area (Å²) in [6, 6.07) is 0.655. The molecule has 5 rings (SSSR count). The van der Waals surface area contributed by atoms with Crippen LogP contribution in [0.15, 0.2) is 6.33 Å². The number of morpholine rings is 1. The van der Waals surface area contributed by atoms with Crippen molar-refractivity contribution in [2.45, 2.75) is 69.4 Å². The number of aromatic nitrogens is 2. The first-order valence-electron chi connectivity index (χ1n) is 11.2. The van der Waals surface area contributed by atoms with Gasteiger partial charge in [-0.3, -0.25) is 9.69 Å². The first-order valence-corrected chi connectivity index (χ1v) is 12.0. The number of aryl methyl sites for hydroxylation is 1. The molecule has 1 saturated carbocycles. The molecule has 0 aromatic carbocycles. The van der Waals surface area contributed by atoms with Crippen molar-refractivity contribution in [3.05, 3.63) is 16.8 Å². The van der Waals surface area contributed by atoms with Gasteiger partial charge in [-0.1, -0.05) is 0 Å². The number of primary amides is 1. The van der Waals surface area contributed by atoms with Crippen molar-refractivity contribution >= 4 is 27.5 Å². The summed E-state index contributed by atoms with van der Waals surface area (Å²) < 4.78 is 12.0. The topological polar surface area (TPSA) is 90.6 Å². The third-order valence-corrected chi connectivity index (χ3v) is 8.09. The van der Waals surface area contributed by atoms with Crippen molar-refractivity contribution < 1.29 is 14.3 Å². The number of carbonyl (C=O) groups is 1. The highest BCUT2D eigenvalue weighted by Gasteiger charge is 2.32. The van der Waals surface area contributed by atoms with E-state index in [0.29, 0.717) is 18.4 Å². The molecule has 1 amide bonds. The van der Waals surface area contributed by atoms with E-state index in [0.717, 1.165) is 74.5 Å². The Kier molecular flexibility index (Phi) is 5.89. The van der Waals surface area contributed by atoms with Crippen LogP contribution in [0, 0.1) is 0 Å². The maximum absolute atomic E-state index is 11.3. The predicted octanol–water partition coefficient (Wildman–Crippen LogP) is 3.01. The predicted molar refractivity (Wildman–Crippen MR) is 116 cm³/mol. The third kappa shape index (κ3) is 4.05. The van der Waals surface area contributed by atoms with E-state index < -0.39 is 0 Å². The van der Waals surface area contributed by atoms with E-state index in [-0.39, 0.29) is 12.0 Å². The van der Waals surface area contributed by atoms with Crippen LogP contribution in [0.3, 0.4) is 0 Å². The van der Waals surface area contributed by atoms with Crippen molar-refractivity contribution in [3.63, 3.8) is 0 Å². The molecule has 1 unspecified atom stereocenters. The minimum Gasteiger partial charge on any atom is -0.474 e. The van der Waals surface area contributed by atoms with Crippen LogP contribution in [0.5, 0.6) is 5.88 Å². The Morgan fingerprint density at radius 3 is 2.77 bits per heavy atom. The van der Waals surface area contributed by atoms with Gasteiger partial charge in [0.2, 0.25) is 11.8 Å². The summed E-state index contributed by atoms with van der Waals surface area (Å²) in [7, 11) is 0. The van der Waals surface area contributed by atoms with Crippen LogP contribution in [-0.2, 0) is 16.0 Å². The van der Waals surface area contributed by atoms with E-state index in [2.05, 4.69) is 14.9 Å². The Balaban J connectivity index is 1.30. The highest BCUT2D eigenvalue weighted by Crippen LogP contribution is 2.47. The molecule has 162 valence electrons. The first-order chi connectivity index (χ1) is 14.7. The second-order valence-electron chi connectivity index (χ2n) is 8.74. The monoisotopic (exact) mass is 430 g/mol. The van der Waals surface area contributed by atoms with Crippen LogP contribution < -0.4 is 10.5 Å². The molecule has 1 aliphatic heterocycles. The molecule has 8 heteroatoms. The number of carbonyl (C=O) groups excluding carboxylic acids is 1. The quantitative estimate of drug-likeness (QED) is 0.758. The normalized spacial score (nSPS) is 27.3. The van der Waals surface area contributed by atoms with Crippen LogP contribution in [0.25, 0.3) is 10.2 Å². The number of rotatable bonds is 6. The lowest BCUT2D eigenvalue weighted by molar-refractivity contribution is -0.118. The molecule has 2 aromatic heterocycles. The van der Waals surface area contributed by atoms with Gasteiger partial charge in [-0.15, -0.1) is 11.3 Å². The summed E-state index contributed by atoms with van der Waals surface area (Å²) >= 11 is 1.75. The van der Waals surface area contributed by atoms with Crippen molar-refractivity contribution in [2.24, 2.45) is 5.73 Å². The van der Waals surface area contributed by atoms with E-state index >= 15 is 0 Å². The van der Waals surface area contributed by atoms with Gasteiger partial charge in [0.1, 0.15) is 17.3 Å². The Hall–Kier alpha value is -1.77. The van der Waals surface area contributed by atoms with E-state index in [4.69, 9.17) is 15.2 Å². The maximum Gasteiger partial charge on any atom is 0.225 e. The van der Waals surface area contributed by atoms with Crippen molar-refractivity contribution in [3.8, 4) is 5.88 Å². The van der Waals surface area contributed by atoms with Gasteiger partial charge in [-0.2, -0.15) is 0 Å². The summed E-state index contributed by atoms with van der Waals surface area (Å²) in [4.78, 5) is 25.3. The van der Waals surface area contributed by atoms with Crippen molar-refractivity contribution in [2.75, 3.05) is 26.3 Å². The van der Waals surface area contributed by atoms with Gasteiger partial charge in [0, 0.05) is 30.4 Å². The van der Waals surface area contributed by atoms with E-state index in [1.54, 1.807) is 17.7 Å². The smallest absolute Gasteiger partial charge is 0.225 e. The number of thiophene rings is 1. The van der Waals surface area contributed by atoms with Crippen molar-refractivity contribution in [1.29, 1.82) is 0 Å². The van der Waals surface area contributed by atoms with Gasteiger partial charge >= 0.3 is 0 Å². The summed E-state index contributed by atoms with van der Waals surface area (Å²) in [6.07, 6.45) is 9.64. The van der Waals surface area contributed by atoms with E-state index in [1.165, 1.54) is 23.3 Å². The molecule has 0 radical (unpaired) electrons. The van der Waals surface area contributed by atoms with Crippen LogP contribution in [0.4, 0.5) is 0 Å². The molecule has 1 saturated heterocycles. The van der Waals surface area contributed by atoms with Crippen LogP contribution in [0.1, 0.15) is 61.3 Å². The van der Waals surface area contributed by atoms with Gasteiger partial charge in [0.05, 0.1) is 18.6 Å². The van der Waals surface area contributed by atoms with Crippen LogP contribution in [-0.4, -0.2) is 59.2 Å². The maximum atomic E-state index is 11.3. The van der Waals surface area contributed by atoms with E-state index in [9.17, 15) is 4.79 Å². The molecule has 3 heterocycles. The fourth-order valence-corrected chi connectivity index (χ4v) is 6.59. The van der Waals surface area contributed by atoms with Gasteiger partial charge < -0.3 is 15.2 Å². The number of nitrogens with two attached hydrogens (primary N) is 1. The average Bonchev–Trinajstić information content (AvgIpc) is 3.33. The number of amides is 1. The molecule has 2 aliphatic carbocycles. The second-order valence-corrected chi connectivity index (χ2v) is 9.82. The summed E-state index contributed by atoms with van der Waals surface area (Å²) in [5.74, 6) is 0.859. The molecule has 2 aromatic rings. The zero-order chi connectivity index (χ0) is 20.5. The molecule has 2 fully saturated rings. The number of nitrogens with zero attached hydrogens (tertiary/aromatic N) is 3. The fraction of sp³-hybridized carbons (Fsp3) is 0.682. The molecule has 0 spiro atoms. The number of hydrogen-bond acceptors (Lipinski definition) is 7. The van der Waals surface area contributed by atoms with Gasteiger partial charge in [0.15, 0.2) is 0 Å². The summed E-state index contributed by atoms with van der Waals surface area (Å²) in [5, 5.41) is 1.08. The van der Waals surface area contributed by atoms with Gasteiger partial charge in [-0.05, 0) is 56.4 Å². The zero-order valence-corrected chi connectivity index (χ0v) is 18.2. The Morgan fingerprint density at radius 2 is 2.00 bits per heavy atom. The molecule has 0 bridgehead atoms. The van der Waals surface area contributed by atoms with Gasteiger partial charge in [-0.25, -0.2) is 9.97 Å². The standard InChI is InChI=1S/C22H30N4O3S/c23-18(27)8-2-14-1-7-17-19(14)20-21(24-13-25-22(20)30-17)29-16-5-3-15(4-6-16)26-9-11-28-12-10-26/h13-16H,1-12H2,(H2,23,27). The summed E-state index contributed by atoms with van der Waals surface area (Å²) in [6.45, 7) is 3.82. The molecule has 7 nitrogen and oxygen atoms in total. The highest BCUT2D eigenvalue weighted by atomic mass is 32.1. The minimum absolute atomic E-state index is 0.210. The minimum atomic E-state index is -0.229. The molecular weight excluding hydrogens is 400 g/mol. The summed E-state index contributed by atoms with van der Waals surface area (Å²) in [5.41, 5.74) is 6.71. The number of hydrogen-bond donors (Lipinski definition) is 1. The Morgan fingerprint density at radius 1 is 1.20 bits per heavy atom. The lowest BCUT2D eigenvalue weighted by Crippen LogP contribution is -2.46. The zero-order valence-electron chi connectivity index (χ0n) is 17.3. The van der Waals surface area contributed by atoms with Crippen molar-refractivity contribution in [1.82, 2.24) is 14.9 Å². The molecule has 2 N–H and O–H groups in total. The Labute approximate surface area is 181 Å². The van der Waals surface area contributed by atoms with E-state index in [1.807, 2.05) is 0 Å². The second kappa shape index (κ2) is 8.77. The van der Waals surface area contributed by atoms with Crippen LogP contribution >= 0.6 is 11.3 Å². The fourth-order valence-electron chi connectivity index (χ4n) is 5.36. The molecule has 1 atom stereocenters. The highest BCUT2D eigenvalue weighted by molar-refractivity contribution is 7.19. The number of fused-ring (bicyclic) bond motifs is 3. The van der Waals surface area contributed by atoms with Crippen LogP contribution in [0.2, 0.25) is 0 Å². The lowest BCUT2D eigenvalue weighted by atomic mass is 9.91. The SMILES string of the molecule is NC(=O)CCC1CCc2sc3ncnc(OC4CCC(N5CCOCC5)CC4)c3c21. The first kappa shape index (κ1) is 20.2. The Bertz CT molecular complexity index is 903. The lowest BCUT2D eigenvalue weighted by Gasteiger charge is -2.38. The molecule has 3 aliphatic rings. The molecule has 30 heavy (non-hydrogen) atoms.